The van der Waals surface area contributed by atoms with Crippen LogP contribution in [0.1, 0.15) is 38.8 Å². The zero-order chi connectivity index (χ0) is 14.3. The summed E-state index contributed by atoms with van der Waals surface area (Å²) in [5, 5.41) is 3.51. The summed E-state index contributed by atoms with van der Waals surface area (Å²) >= 11 is 5.66. The second-order valence-corrected chi connectivity index (χ2v) is 5.58. The summed E-state index contributed by atoms with van der Waals surface area (Å²) in [6, 6.07) is 5.03. The van der Waals surface area contributed by atoms with Crippen LogP contribution in [0.4, 0.5) is 4.39 Å². The summed E-state index contributed by atoms with van der Waals surface area (Å²) in [7, 11) is 0. The summed E-state index contributed by atoms with van der Waals surface area (Å²) < 4.78 is 18.8. The fourth-order valence-electron chi connectivity index (χ4n) is 1.71. The van der Waals surface area contributed by atoms with Crippen molar-refractivity contribution in [3.63, 3.8) is 0 Å². The molecule has 0 aliphatic heterocycles. The average Bonchev–Trinajstić information content (AvgIpc) is 2.36. The van der Waals surface area contributed by atoms with Gasteiger partial charge in [0, 0.05) is 19.3 Å². The van der Waals surface area contributed by atoms with Gasteiger partial charge >= 0.3 is 0 Å². The molecule has 19 heavy (non-hydrogen) atoms. The smallest absolute Gasteiger partial charge is 0.142 e. The van der Waals surface area contributed by atoms with Gasteiger partial charge < -0.3 is 10.1 Å². The molecule has 1 N–H and O–H groups in total. The van der Waals surface area contributed by atoms with E-state index >= 15 is 0 Å². The first-order valence-electron chi connectivity index (χ1n) is 6.76. The van der Waals surface area contributed by atoms with Crippen LogP contribution in [0.5, 0.6) is 0 Å². The van der Waals surface area contributed by atoms with Gasteiger partial charge in [0.25, 0.3) is 0 Å². The van der Waals surface area contributed by atoms with E-state index in [9.17, 15) is 4.39 Å². The minimum Gasteiger partial charge on any atom is -0.381 e. The molecular formula is C15H23ClFNO. The van der Waals surface area contributed by atoms with E-state index in [4.69, 9.17) is 16.3 Å². The molecule has 0 aliphatic carbocycles. The predicted molar refractivity (Wildman–Crippen MR) is 78.1 cm³/mol. The SMILES string of the molecule is CC(C)COCCCNC(C)c1ccc(Cl)c(F)c1. The number of hydrogen-bond donors (Lipinski definition) is 1. The number of rotatable bonds is 8. The van der Waals surface area contributed by atoms with Crippen LogP contribution in [0.25, 0.3) is 0 Å². The molecule has 108 valence electrons. The Labute approximate surface area is 120 Å². The van der Waals surface area contributed by atoms with Crippen LogP contribution in [0, 0.1) is 11.7 Å². The summed E-state index contributed by atoms with van der Waals surface area (Å²) in [5.74, 6) is 0.206. The first kappa shape index (κ1) is 16.4. The van der Waals surface area contributed by atoms with E-state index in [-0.39, 0.29) is 16.9 Å². The Bertz CT molecular complexity index is 384. The van der Waals surface area contributed by atoms with Crippen molar-refractivity contribution in [1.29, 1.82) is 0 Å². The van der Waals surface area contributed by atoms with Gasteiger partial charge in [0.2, 0.25) is 0 Å². The van der Waals surface area contributed by atoms with Gasteiger partial charge in [0.1, 0.15) is 5.82 Å². The predicted octanol–water partition coefficient (Wildman–Crippen LogP) is 4.19. The maximum absolute atomic E-state index is 13.3. The van der Waals surface area contributed by atoms with Gasteiger partial charge in [-0.2, -0.15) is 0 Å². The molecule has 1 rings (SSSR count). The third-order valence-corrected chi connectivity index (χ3v) is 3.12. The van der Waals surface area contributed by atoms with Crippen LogP contribution in [-0.2, 0) is 4.74 Å². The van der Waals surface area contributed by atoms with Crippen molar-refractivity contribution in [3.8, 4) is 0 Å². The molecule has 0 saturated carbocycles. The third kappa shape index (κ3) is 6.37. The van der Waals surface area contributed by atoms with Crippen molar-refractivity contribution in [2.24, 2.45) is 5.92 Å². The highest BCUT2D eigenvalue weighted by Crippen LogP contribution is 2.19. The number of ether oxygens (including phenoxy) is 1. The molecule has 0 aliphatic rings. The van der Waals surface area contributed by atoms with E-state index in [1.807, 2.05) is 13.0 Å². The van der Waals surface area contributed by atoms with E-state index in [1.165, 1.54) is 6.07 Å². The molecular weight excluding hydrogens is 265 g/mol. The van der Waals surface area contributed by atoms with Crippen LogP contribution < -0.4 is 5.32 Å². The van der Waals surface area contributed by atoms with E-state index in [2.05, 4.69) is 19.2 Å². The Morgan fingerprint density at radius 3 is 2.68 bits per heavy atom. The Morgan fingerprint density at radius 2 is 2.05 bits per heavy atom. The number of hydrogen-bond acceptors (Lipinski definition) is 2. The van der Waals surface area contributed by atoms with Crippen LogP contribution in [-0.4, -0.2) is 19.8 Å². The van der Waals surface area contributed by atoms with Crippen LogP contribution >= 0.6 is 11.6 Å². The normalized spacial score (nSPS) is 12.9. The molecule has 0 fully saturated rings. The van der Waals surface area contributed by atoms with Gasteiger partial charge in [0.05, 0.1) is 5.02 Å². The molecule has 0 amide bonds. The highest BCUT2D eigenvalue weighted by atomic mass is 35.5. The minimum atomic E-state index is -0.368. The molecule has 2 nitrogen and oxygen atoms in total. The van der Waals surface area contributed by atoms with Crippen molar-refractivity contribution in [3.05, 3.63) is 34.6 Å². The summed E-state index contributed by atoms with van der Waals surface area (Å²) in [4.78, 5) is 0. The van der Waals surface area contributed by atoms with Gasteiger partial charge in [-0.25, -0.2) is 4.39 Å². The minimum absolute atomic E-state index is 0.108. The molecule has 0 aromatic heterocycles. The molecule has 1 aromatic carbocycles. The molecule has 4 heteroatoms. The van der Waals surface area contributed by atoms with Gasteiger partial charge in [-0.05, 0) is 43.5 Å². The topological polar surface area (TPSA) is 21.3 Å². The van der Waals surface area contributed by atoms with Crippen LogP contribution in [0.2, 0.25) is 5.02 Å². The molecule has 0 radical (unpaired) electrons. The van der Waals surface area contributed by atoms with Crippen molar-refractivity contribution in [2.45, 2.75) is 33.2 Å². The second-order valence-electron chi connectivity index (χ2n) is 5.17. The first-order chi connectivity index (χ1) is 9.00. The zero-order valence-electron chi connectivity index (χ0n) is 11.9. The fourth-order valence-corrected chi connectivity index (χ4v) is 1.83. The van der Waals surface area contributed by atoms with E-state index in [0.717, 1.165) is 31.7 Å². The lowest BCUT2D eigenvalue weighted by atomic mass is 10.1. The molecule has 0 saturated heterocycles. The lowest BCUT2D eigenvalue weighted by molar-refractivity contribution is 0.107. The zero-order valence-corrected chi connectivity index (χ0v) is 12.6. The van der Waals surface area contributed by atoms with Gasteiger partial charge in [-0.3, -0.25) is 0 Å². The maximum Gasteiger partial charge on any atom is 0.142 e. The Balaban J connectivity index is 2.23. The summed E-state index contributed by atoms with van der Waals surface area (Å²) in [5.41, 5.74) is 0.907. The third-order valence-electron chi connectivity index (χ3n) is 2.81. The Kier molecular flexibility index (Phi) is 7.36. The quantitative estimate of drug-likeness (QED) is 0.724. The van der Waals surface area contributed by atoms with Crippen molar-refractivity contribution in [1.82, 2.24) is 5.32 Å². The van der Waals surface area contributed by atoms with Gasteiger partial charge in [-0.1, -0.05) is 31.5 Å². The Hall–Kier alpha value is -0.640. The molecule has 0 spiro atoms. The molecule has 1 aromatic rings. The van der Waals surface area contributed by atoms with Gasteiger partial charge in [-0.15, -0.1) is 0 Å². The van der Waals surface area contributed by atoms with Gasteiger partial charge in [0.15, 0.2) is 0 Å². The highest BCUT2D eigenvalue weighted by Gasteiger charge is 2.07. The Morgan fingerprint density at radius 1 is 1.32 bits per heavy atom. The second kappa shape index (κ2) is 8.51. The van der Waals surface area contributed by atoms with Crippen LogP contribution in [0.15, 0.2) is 18.2 Å². The number of halogens is 2. The summed E-state index contributed by atoms with van der Waals surface area (Å²) in [6.45, 7) is 8.69. The molecule has 0 bridgehead atoms. The average molecular weight is 288 g/mol. The van der Waals surface area contributed by atoms with Crippen LogP contribution in [0.3, 0.4) is 0 Å². The van der Waals surface area contributed by atoms with E-state index in [0.29, 0.717) is 5.92 Å². The monoisotopic (exact) mass is 287 g/mol. The van der Waals surface area contributed by atoms with E-state index < -0.39 is 0 Å². The lowest BCUT2D eigenvalue weighted by Gasteiger charge is -2.15. The van der Waals surface area contributed by atoms with E-state index in [1.54, 1.807) is 6.07 Å². The first-order valence-corrected chi connectivity index (χ1v) is 7.14. The van der Waals surface area contributed by atoms with Crippen molar-refractivity contribution >= 4 is 11.6 Å². The highest BCUT2D eigenvalue weighted by molar-refractivity contribution is 6.30. The standard InChI is InChI=1S/C15H23ClFNO/c1-11(2)10-19-8-4-7-18-12(3)13-5-6-14(16)15(17)9-13/h5-6,9,11-12,18H,4,7-8,10H2,1-3H3. The molecule has 1 atom stereocenters. The lowest BCUT2D eigenvalue weighted by Crippen LogP contribution is -2.21. The largest absolute Gasteiger partial charge is 0.381 e. The fraction of sp³-hybridized carbons (Fsp3) is 0.600. The number of nitrogens with one attached hydrogen (secondary N) is 1. The summed E-state index contributed by atoms with van der Waals surface area (Å²) in [6.07, 6.45) is 0.952. The van der Waals surface area contributed by atoms with Crippen molar-refractivity contribution < 1.29 is 9.13 Å². The van der Waals surface area contributed by atoms with Crippen molar-refractivity contribution in [2.75, 3.05) is 19.8 Å². The number of benzene rings is 1. The molecule has 0 heterocycles. The molecule has 1 unspecified atom stereocenters. The maximum atomic E-state index is 13.3.